The van der Waals surface area contributed by atoms with Gasteiger partial charge in [-0.3, -0.25) is 9.69 Å². The maximum absolute atomic E-state index is 11.7. The molecule has 0 aromatic rings. The topological polar surface area (TPSA) is 29.5 Å². The second-order valence-electron chi connectivity index (χ2n) is 3.60. The monoisotopic (exact) mass is 233 g/mol. The molecule has 0 saturated heterocycles. The van der Waals surface area contributed by atoms with E-state index >= 15 is 0 Å². The van der Waals surface area contributed by atoms with Gasteiger partial charge in [0.15, 0.2) is 0 Å². The van der Waals surface area contributed by atoms with Crippen LogP contribution in [0.4, 0.5) is 0 Å². The molecule has 88 valence electrons. The molecule has 1 atom stereocenters. The van der Waals surface area contributed by atoms with Crippen LogP contribution < -0.4 is 0 Å². The predicted molar refractivity (Wildman–Crippen MR) is 62.6 cm³/mol. The SMILES string of the molecule is CC=C(C(C)C)N(C(=O)CCl)C(C)OC. The lowest BCUT2D eigenvalue weighted by Gasteiger charge is -2.31. The highest BCUT2D eigenvalue weighted by atomic mass is 35.5. The van der Waals surface area contributed by atoms with Crippen molar-refractivity contribution >= 4 is 17.5 Å². The summed E-state index contributed by atoms with van der Waals surface area (Å²) in [5.41, 5.74) is 0.940. The lowest BCUT2D eigenvalue weighted by molar-refractivity contribution is -0.136. The number of hydrogen-bond acceptors (Lipinski definition) is 2. The van der Waals surface area contributed by atoms with Crippen molar-refractivity contribution in [3.05, 3.63) is 11.8 Å². The summed E-state index contributed by atoms with van der Waals surface area (Å²) in [7, 11) is 1.58. The second kappa shape index (κ2) is 6.85. The van der Waals surface area contributed by atoms with E-state index in [-0.39, 0.29) is 23.9 Å². The normalized spacial score (nSPS) is 14.2. The predicted octanol–water partition coefficient (Wildman–Crippen LogP) is 2.61. The van der Waals surface area contributed by atoms with Gasteiger partial charge in [-0.1, -0.05) is 19.9 Å². The van der Waals surface area contributed by atoms with E-state index in [9.17, 15) is 4.79 Å². The van der Waals surface area contributed by atoms with Crippen molar-refractivity contribution in [2.75, 3.05) is 13.0 Å². The summed E-state index contributed by atoms with van der Waals surface area (Å²) in [4.78, 5) is 13.3. The lowest BCUT2D eigenvalue weighted by Crippen LogP contribution is -2.41. The molecule has 1 unspecified atom stereocenters. The smallest absolute Gasteiger partial charge is 0.243 e. The Morgan fingerprint density at radius 3 is 2.27 bits per heavy atom. The molecule has 0 bridgehead atoms. The van der Waals surface area contributed by atoms with E-state index < -0.39 is 0 Å². The molecule has 0 N–H and O–H groups in total. The van der Waals surface area contributed by atoms with Gasteiger partial charge in [0, 0.05) is 12.8 Å². The molecular formula is C11H20ClNO2. The van der Waals surface area contributed by atoms with Crippen LogP contribution in [0.25, 0.3) is 0 Å². The van der Waals surface area contributed by atoms with Crippen LogP contribution in [-0.2, 0) is 9.53 Å². The Morgan fingerprint density at radius 1 is 1.47 bits per heavy atom. The summed E-state index contributed by atoms with van der Waals surface area (Å²) < 4.78 is 5.17. The Morgan fingerprint density at radius 2 is 2.00 bits per heavy atom. The van der Waals surface area contributed by atoms with Crippen molar-refractivity contribution in [2.45, 2.75) is 33.9 Å². The summed E-state index contributed by atoms with van der Waals surface area (Å²) in [6.07, 6.45) is 1.63. The average molecular weight is 234 g/mol. The minimum absolute atomic E-state index is 0.0300. The van der Waals surface area contributed by atoms with E-state index in [1.807, 2.05) is 33.8 Å². The summed E-state index contributed by atoms with van der Waals surface area (Å²) in [6, 6.07) is 0. The molecule has 1 amide bonds. The highest BCUT2D eigenvalue weighted by Crippen LogP contribution is 2.19. The number of allylic oxidation sites excluding steroid dienone is 2. The highest BCUT2D eigenvalue weighted by molar-refractivity contribution is 6.27. The minimum atomic E-state index is -0.287. The van der Waals surface area contributed by atoms with Crippen molar-refractivity contribution in [3.63, 3.8) is 0 Å². The van der Waals surface area contributed by atoms with Crippen LogP contribution in [-0.4, -0.2) is 30.0 Å². The zero-order chi connectivity index (χ0) is 12.0. The number of methoxy groups -OCH3 is 1. The first-order valence-electron chi connectivity index (χ1n) is 5.06. The second-order valence-corrected chi connectivity index (χ2v) is 3.87. The van der Waals surface area contributed by atoms with E-state index in [0.29, 0.717) is 0 Å². The molecule has 4 heteroatoms. The van der Waals surface area contributed by atoms with E-state index in [1.165, 1.54) is 0 Å². The third-order valence-corrected chi connectivity index (χ3v) is 2.48. The fourth-order valence-electron chi connectivity index (χ4n) is 1.48. The van der Waals surface area contributed by atoms with Gasteiger partial charge in [-0.15, -0.1) is 11.6 Å². The third-order valence-electron chi connectivity index (χ3n) is 2.25. The molecule has 15 heavy (non-hydrogen) atoms. The van der Waals surface area contributed by atoms with Crippen LogP contribution in [0.5, 0.6) is 0 Å². The fourth-order valence-corrected chi connectivity index (χ4v) is 1.61. The Kier molecular flexibility index (Phi) is 6.61. The number of carbonyl (C=O) groups is 1. The number of hydrogen-bond donors (Lipinski definition) is 0. The van der Waals surface area contributed by atoms with E-state index in [2.05, 4.69) is 0 Å². The maximum Gasteiger partial charge on any atom is 0.243 e. The first-order valence-corrected chi connectivity index (χ1v) is 5.60. The van der Waals surface area contributed by atoms with Crippen LogP contribution in [0.2, 0.25) is 0 Å². The molecule has 0 aromatic heterocycles. The van der Waals surface area contributed by atoms with Gasteiger partial charge in [0.05, 0.1) is 0 Å². The zero-order valence-electron chi connectivity index (χ0n) is 10.1. The molecule has 0 aromatic carbocycles. The first-order chi connectivity index (χ1) is 6.99. The van der Waals surface area contributed by atoms with Crippen molar-refractivity contribution in [1.29, 1.82) is 0 Å². The van der Waals surface area contributed by atoms with E-state index in [0.717, 1.165) is 5.70 Å². The van der Waals surface area contributed by atoms with Crippen LogP contribution >= 0.6 is 11.6 Å². The van der Waals surface area contributed by atoms with Gasteiger partial charge in [-0.05, 0) is 19.8 Å². The summed E-state index contributed by atoms with van der Waals surface area (Å²) in [5.74, 6) is 0.102. The highest BCUT2D eigenvalue weighted by Gasteiger charge is 2.24. The van der Waals surface area contributed by atoms with E-state index in [1.54, 1.807) is 12.0 Å². The number of ether oxygens (including phenoxy) is 1. The molecule has 0 aliphatic heterocycles. The Hall–Kier alpha value is -0.540. The van der Waals surface area contributed by atoms with Crippen LogP contribution in [0.15, 0.2) is 11.8 Å². The van der Waals surface area contributed by atoms with Crippen molar-refractivity contribution in [2.24, 2.45) is 5.92 Å². The molecule has 0 rings (SSSR count). The van der Waals surface area contributed by atoms with Gasteiger partial charge in [0.25, 0.3) is 0 Å². The molecule has 0 spiro atoms. The molecule has 0 fully saturated rings. The average Bonchev–Trinajstić information content (AvgIpc) is 2.23. The molecule has 0 radical (unpaired) electrons. The third kappa shape index (κ3) is 3.84. The fraction of sp³-hybridized carbons (Fsp3) is 0.727. The zero-order valence-corrected chi connectivity index (χ0v) is 10.8. The number of carbonyl (C=O) groups excluding carboxylic acids is 1. The number of nitrogens with zero attached hydrogens (tertiary/aromatic N) is 1. The number of alkyl halides is 1. The van der Waals surface area contributed by atoms with Crippen molar-refractivity contribution in [1.82, 2.24) is 4.90 Å². The van der Waals surface area contributed by atoms with Gasteiger partial charge >= 0.3 is 0 Å². The molecule has 0 aliphatic carbocycles. The first kappa shape index (κ1) is 14.5. The summed E-state index contributed by atoms with van der Waals surface area (Å²) >= 11 is 5.58. The van der Waals surface area contributed by atoms with Gasteiger partial charge in [0.2, 0.25) is 5.91 Å². The van der Waals surface area contributed by atoms with Gasteiger partial charge < -0.3 is 4.74 Å². The van der Waals surface area contributed by atoms with Crippen LogP contribution in [0.3, 0.4) is 0 Å². The molecular weight excluding hydrogens is 214 g/mol. The molecule has 3 nitrogen and oxygen atoms in total. The summed E-state index contributed by atoms with van der Waals surface area (Å²) in [5, 5.41) is 0. The molecule has 0 aliphatic rings. The van der Waals surface area contributed by atoms with E-state index in [4.69, 9.17) is 16.3 Å². The maximum atomic E-state index is 11.7. The Bertz CT molecular complexity index is 239. The largest absolute Gasteiger partial charge is 0.361 e. The van der Waals surface area contributed by atoms with Gasteiger partial charge in [-0.2, -0.15) is 0 Å². The minimum Gasteiger partial charge on any atom is -0.361 e. The lowest BCUT2D eigenvalue weighted by atomic mass is 10.1. The van der Waals surface area contributed by atoms with Crippen LogP contribution in [0.1, 0.15) is 27.7 Å². The number of rotatable bonds is 5. The number of halogens is 1. The van der Waals surface area contributed by atoms with Crippen molar-refractivity contribution in [3.8, 4) is 0 Å². The van der Waals surface area contributed by atoms with Crippen molar-refractivity contribution < 1.29 is 9.53 Å². The molecule has 0 heterocycles. The van der Waals surface area contributed by atoms with Gasteiger partial charge in [-0.25, -0.2) is 0 Å². The summed E-state index contributed by atoms with van der Waals surface area (Å²) in [6.45, 7) is 7.81. The number of amides is 1. The quantitative estimate of drug-likeness (QED) is 0.540. The van der Waals surface area contributed by atoms with Crippen LogP contribution in [0, 0.1) is 5.92 Å². The standard InChI is InChI=1S/C11H20ClNO2/c1-6-10(8(2)3)13(9(4)15-5)11(14)7-12/h6,8-9H,7H2,1-5H3. The molecule has 0 saturated carbocycles. The van der Waals surface area contributed by atoms with Gasteiger partial charge in [0.1, 0.15) is 12.1 Å². The Balaban J connectivity index is 5.00. The Labute approximate surface area is 97.0 Å².